The van der Waals surface area contributed by atoms with Gasteiger partial charge in [0.2, 0.25) is 0 Å². The predicted octanol–water partition coefficient (Wildman–Crippen LogP) is 4.73. The summed E-state index contributed by atoms with van der Waals surface area (Å²) in [6.07, 6.45) is 0. The van der Waals surface area contributed by atoms with Crippen LogP contribution >= 0.6 is 22.9 Å². The van der Waals surface area contributed by atoms with Gasteiger partial charge in [0.15, 0.2) is 0 Å². The van der Waals surface area contributed by atoms with Crippen molar-refractivity contribution in [2.75, 3.05) is 13.7 Å². The number of hydrogen-bond donors (Lipinski definition) is 1. The summed E-state index contributed by atoms with van der Waals surface area (Å²) in [5.41, 5.74) is 3.48. The van der Waals surface area contributed by atoms with E-state index in [0.717, 1.165) is 26.8 Å². The maximum absolute atomic E-state index is 6.43. The van der Waals surface area contributed by atoms with Gasteiger partial charge < -0.3 is 10.1 Å². The third-order valence-electron chi connectivity index (χ3n) is 3.25. The first kappa shape index (κ1) is 15.4. The normalized spacial score (nSPS) is 12.4. The molecule has 4 heteroatoms. The maximum Gasteiger partial charge on any atom is 0.124 e. The zero-order valence-electron chi connectivity index (χ0n) is 12.3. The summed E-state index contributed by atoms with van der Waals surface area (Å²) in [5.74, 6) is 0.916. The topological polar surface area (TPSA) is 21.3 Å². The molecule has 2 aromatic rings. The summed E-state index contributed by atoms with van der Waals surface area (Å²) in [4.78, 5) is 1.14. The predicted molar refractivity (Wildman–Crippen MR) is 87.3 cm³/mol. The molecular formula is C16H20ClNOS. The van der Waals surface area contributed by atoms with Crippen LogP contribution < -0.4 is 10.1 Å². The second-order valence-electron chi connectivity index (χ2n) is 4.79. The molecule has 1 unspecified atom stereocenters. The van der Waals surface area contributed by atoms with E-state index < -0.39 is 0 Å². The van der Waals surface area contributed by atoms with E-state index in [1.165, 1.54) is 5.56 Å². The van der Waals surface area contributed by atoms with Gasteiger partial charge in [-0.3, -0.25) is 0 Å². The Morgan fingerprint density at radius 1 is 1.35 bits per heavy atom. The van der Waals surface area contributed by atoms with Crippen LogP contribution in [0.1, 0.15) is 34.5 Å². The number of rotatable bonds is 5. The highest BCUT2D eigenvalue weighted by atomic mass is 35.5. The van der Waals surface area contributed by atoms with Crippen molar-refractivity contribution in [3.63, 3.8) is 0 Å². The number of benzene rings is 1. The maximum atomic E-state index is 6.43. The molecule has 0 aliphatic rings. The molecule has 0 bridgehead atoms. The Balaban J connectivity index is 2.51. The zero-order chi connectivity index (χ0) is 14.7. The molecule has 0 amide bonds. The van der Waals surface area contributed by atoms with Crippen LogP contribution in [0.2, 0.25) is 5.02 Å². The highest BCUT2D eigenvalue weighted by molar-refractivity contribution is 7.10. The van der Waals surface area contributed by atoms with Crippen LogP contribution in [0.3, 0.4) is 0 Å². The lowest BCUT2D eigenvalue weighted by Gasteiger charge is -2.20. The number of hydrogen-bond acceptors (Lipinski definition) is 3. The molecule has 2 nitrogen and oxygen atoms in total. The molecule has 108 valence electrons. The van der Waals surface area contributed by atoms with Crippen LogP contribution in [0.5, 0.6) is 5.75 Å². The van der Waals surface area contributed by atoms with Gasteiger partial charge in [-0.1, -0.05) is 29.3 Å². The van der Waals surface area contributed by atoms with Gasteiger partial charge in [-0.05, 0) is 44.8 Å². The van der Waals surface area contributed by atoms with Crippen molar-refractivity contribution in [2.24, 2.45) is 0 Å². The van der Waals surface area contributed by atoms with Crippen molar-refractivity contribution < 1.29 is 4.74 Å². The van der Waals surface area contributed by atoms with Gasteiger partial charge in [0, 0.05) is 10.4 Å². The number of aryl methyl sites for hydroxylation is 2. The number of thiophene rings is 1. The van der Waals surface area contributed by atoms with Gasteiger partial charge in [-0.2, -0.15) is 0 Å². The molecule has 0 aliphatic carbocycles. The number of halogens is 1. The molecule has 20 heavy (non-hydrogen) atoms. The second-order valence-corrected chi connectivity index (χ2v) is 6.08. The molecule has 1 aromatic carbocycles. The van der Waals surface area contributed by atoms with Gasteiger partial charge in [-0.25, -0.2) is 0 Å². The Kier molecular flexibility index (Phi) is 5.08. The third-order valence-corrected chi connectivity index (χ3v) is 5.03. The Labute approximate surface area is 129 Å². The average molecular weight is 310 g/mol. The number of ether oxygens (including phenoxy) is 1. The zero-order valence-corrected chi connectivity index (χ0v) is 13.9. The van der Waals surface area contributed by atoms with Gasteiger partial charge in [0.25, 0.3) is 0 Å². The van der Waals surface area contributed by atoms with E-state index in [1.54, 1.807) is 11.3 Å². The van der Waals surface area contributed by atoms with Crippen LogP contribution in [-0.2, 0) is 0 Å². The van der Waals surface area contributed by atoms with Crippen LogP contribution in [0, 0.1) is 13.8 Å². The summed E-state index contributed by atoms with van der Waals surface area (Å²) in [6.45, 7) is 6.78. The smallest absolute Gasteiger partial charge is 0.124 e. The fourth-order valence-electron chi connectivity index (χ4n) is 2.25. The van der Waals surface area contributed by atoms with Crippen molar-refractivity contribution in [3.05, 3.63) is 50.2 Å². The van der Waals surface area contributed by atoms with E-state index in [9.17, 15) is 0 Å². The second kappa shape index (κ2) is 6.61. The minimum atomic E-state index is 0.0580. The Morgan fingerprint density at radius 3 is 2.65 bits per heavy atom. The van der Waals surface area contributed by atoms with Crippen molar-refractivity contribution in [1.82, 2.24) is 5.32 Å². The standard InChI is InChI=1S/C16H20ClNOS/c1-5-19-13-7-6-10(2)8-12(13)15(18-4)16-14(17)11(3)9-20-16/h6-9,15,18H,5H2,1-4H3. The molecule has 2 rings (SSSR count). The lowest BCUT2D eigenvalue weighted by Crippen LogP contribution is -2.18. The Morgan fingerprint density at radius 2 is 2.10 bits per heavy atom. The fraction of sp³-hybridized carbons (Fsp3) is 0.375. The van der Waals surface area contributed by atoms with E-state index in [1.807, 2.05) is 27.0 Å². The summed E-state index contributed by atoms with van der Waals surface area (Å²) < 4.78 is 5.76. The number of nitrogens with one attached hydrogen (secondary N) is 1. The van der Waals surface area contributed by atoms with Crippen molar-refractivity contribution in [2.45, 2.75) is 26.8 Å². The van der Waals surface area contributed by atoms with E-state index in [0.29, 0.717) is 6.61 Å². The van der Waals surface area contributed by atoms with Gasteiger partial charge in [0.05, 0.1) is 17.7 Å². The summed E-state index contributed by atoms with van der Waals surface area (Å²) in [5, 5.41) is 6.30. The largest absolute Gasteiger partial charge is 0.494 e. The molecule has 0 saturated carbocycles. The molecular weight excluding hydrogens is 290 g/mol. The molecule has 0 radical (unpaired) electrons. The fourth-order valence-corrected chi connectivity index (χ4v) is 3.68. The van der Waals surface area contributed by atoms with E-state index in [4.69, 9.17) is 16.3 Å². The highest BCUT2D eigenvalue weighted by Crippen LogP contribution is 2.38. The summed E-state index contributed by atoms with van der Waals surface area (Å²) in [6, 6.07) is 6.33. The van der Waals surface area contributed by atoms with Gasteiger partial charge in [-0.15, -0.1) is 11.3 Å². The lowest BCUT2D eigenvalue weighted by molar-refractivity contribution is 0.334. The van der Waals surface area contributed by atoms with Crippen molar-refractivity contribution in [1.29, 1.82) is 0 Å². The SMILES string of the molecule is CCOc1ccc(C)cc1C(NC)c1scc(C)c1Cl. The first-order valence-corrected chi connectivity index (χ1v) is 7.98. The average Bonchev–Trinajstić information content (AvgIpc) is 2.75. The molecule has 1 atom stereocenters. The Bertz CT molecular complexity index is 594. The van der Waals surface area contributed by atoms with E-state index in [2.05, 4.69) is 29.8 Å². The molecule has 1 N–H and O–H groups in total. The van der Waals surface area contributed by atoms with Crippen LogP contribution in [-0.4, -0.2) is 13.7 Å². The molecule has 0 aliphatic heterocycles. The van der Waals surface area contributed by atoms with E-state index in [-0.39, 0.29) is 6.04 Å². The van der Waals surface area contributed by atoms with Gasteiger partial charge in [0.1, 0.15) is 5.75 Å². The monoisotopic (exact) mass is 309 g/mol. The van der Waals surface area contributed by atoms with Crippen LogP contribution in [0.25, 0.3) is 0 Å². The Hall–Kier alpha value is -1.03. The molecule has 0 fully saturated rings. The molecule has 0 saturated heterocycles. The highest BCUT2D eigenvalue weighted by Gasteiger charge is 2.21. The first-order chi connectivity index (χ1) is 9.58. The quantitative estimate of drug-likeness (QED) is 0.862. The van der Waals surface area contributed by atoms with Crippen LogP contribution in [0.15, 0.2) is 23.6 Å². The molecule has 0 spiro atoms. The van der Waals surface area contributed by atoms with Crippen molar-refractivity contribution >= 4 is 22.9 Å². The summed E-state index contributed by atoms with van der Waals surface area (Å²) in [7, 11) is 1.95. The van der Waals surface area contributed by atoms with E-state index >= 15 is 0 Å². The first-order valence-electron chi connectivity index (χ1n) is 6.72. The van der Waals surface area contributed by atoms with Gasteiger partial charge >= 0.3 is 0 Å². The third kappa shape index (κ3) is 3.00. The lowest BCUT2D eigenvalue weighted by atomic mass is 10.0. The van der Waals surface area contributed by atoms with Crippen LogP contribution in [0.4, 0.5) is 0 Å². The minimum Gasteiger partial charge on any atom is -0.494 e. The summed E-state index contributed by atoms with van der Waals surface area (Å²) >= 11 is 8.12. The molecule has 1 heterocycles. The minimum absolute atomic E-state index is 0.0580. The van der Waals surface area contributed by atoms with Crippen molar-refractivity contribution in [3.8, 4) is 5.75 Å². The molecule has 1 aromatic heterocycles.